The molecule has 4 heterocycles. The maximum atomic E-state index is 14.4. The second kappa shape index (κ2) is 13.1. The SMILES string of the molecule is CC(C)N(C(=O)c1cc(F)ccc1Oc1cncnc1N1CC2(CCN(C[C@@H]3CC[C@@H](NS(N)(=O)=O)CO3)CC2)C1)C1CC(F)(F)C1. The molecule has 1 amide bonds. The fourth-order valence-corrected chi connectivity index (χ4v) is 7.94. The second-order valence-electron chi connectivity index (χ2n) is 13.7. The van der Waals surface area contributed by atoms with Gasteiger partial charge in [-0.25, -0.2) is 28.3 Å². The summed E-state index contributed by atoms with van der Waals surface area (Å²) in [5, 5.41) is 5.08. The number of hydrogen-bond donors (Lipinski definition) is 2. The summed E-state index contributed by atoms with van der Waals surface area (Å²) < 4.78 is 78.9. The number of nitrogens with one attached hydrogen (secondary N) is 1. The predicted octanol–water partition coefficient (Wildman–Crippen LogP) is 3.30. The van der Waals surface area contributed by atoms with Gasteiger partial charge < -0.3 is 24.2 Å². The Hall–Kier alpha value is -3.05. The van der Waals surface area contributed by atoms with Gasteiger partial charge in [-0.2, -0.15) is 13.1 Å². The summed E-state index contributed by atoms with van der Waals surface area (Å²) in [6.07, 6.45) is 5.56. The van der Waals surface area contributed by atoms with Crippen LogP contribution in [0.25, 0.3) is 0 Å². The van der Waals surface area contributed by atoms with Gasteiger partial charge in [-0.1, -0.05) is 0 Å². The van der Waals surface area contributed by atoms with Gasteiger partial charge in [0.15, 0.2) is 11.6 Å². The Morgan fingerprint density at radius 2 is 1.91 bits per heavy atom. The summed E-state index contributed by atoms with van der Waals surface area (Å²) in [6.45, 7) is 7.96. The number of rotatable bonds is 10. The number of piperidine rings is 1. The largest absolute Gasteiger partial charge is 0.451 e. The number of hydrogen-bond acceptors (Lipinski definition) is 9. The van der Waals surface area contributed by atoms with Gasteiger partial charge in [0.2, 0.25) is 0 Å². The number of amides is 1. The molecular formula is C31H42F3N7O5S. The van der Waals surface area contributed by atoms with E-state index in [1.165, 1.54) is 29.6 Å². The molecule has 2 aromatic rings. The number of anilines is 1. The Bertz CT molecular complexity index is 1550. The van der Waals surface area contributed by atoms with Crippen LogP contribution in [0.5, 0.6) is 11.5 Å². The fraction of sp³-hybridized carbons (Fsp3) is 0.645. The van der Waals surface area contributed by atoms with Crippen LogP contribution in [0.4, 0.5) is 19.0 Å². The van der Waals surface area contributed by atoms with E-state index in [-0.39, 0.29) is 34.9 Å². The Balaban J connectivity index is 1.06. The van der Waals surface area contributed by atoms with Gasteiger partial charge in [-0.05, 0) is 70.8 Å². The quantitative estimate of drug-likeness (QED) is 0.386. The maximum absolute atomic E-state index is 14.4. The average Bonchev–Trinajstić information content (AvgIpc) is 2.97. The Morgan fingerprint density at radius 3 is 2.53 bits per heavy atom. The number of likely N-dealkylation sites (tertiary alicyclic amines) is 1. The van der Waals surface area contributed by atoms with E-state index < -0.39 is 46.7 Å². The standard InChI is InChI=1S/C31H42F3N7O5S/c1-20(2)41(23-12-31(33,34)13-23)29(42)25-11-21(32)3-6-26(25)46-27-14-36-19-37-28(27)40-17-30(18-40)7-9-39(10-8-30)15-24-5-4-22(16-45-24)38-47(35,43)44/h3,6,11,14,19-20,22-24,38H,4-5,7-10,12-13,15-18H2,1-2H3,(H2,35,43,44)/t22-,24+/m1/s1. The van der Waals surface area contributed by atoms with Crippen molar-refractivity contribution in [2.24, 2.45) is 10.6 Å². The zero-order valence-electron chi connectivity index (χ0n) is 26.6. The van der Waals surface area contributed by atoms with Crippen LogP contribution in [0.2, 0.25) is 0 Å². The first-order valence-corrected chi connectivity index (χ1v) is 17.6. The van der Waals surface area contributed by atoms with Crippen molar-refractivity contribution in [1.29, 1.82) is 0 Å². The van der Waals surface area contributed by atoms with E-state index in [0.717, 1.165) is 58.1 Å². The summed E-state index contributed by atoms with van der Waals surface area (Å²) in [4.78, 5) is 28.1. The molecule has 2 atom stereocenters. The number of nitrogens with zero attached hydrogens (tertiary/aromatic N) is 5. The molecule has 4 fully saturated rings. The molecule has 6 rings (SSSR count). The molecule has 3 aliphatic heterocycles. The molecule has 1 aromatic heterocycles. The van der Waals surface area contributed by atoms with Crippen LogP contribution >= 0.6 is 0 Å². The molecule has 4 aliphatic rings. The van der Waals surface area contributed by atoms with Crippen LogP contribution in [-0.2, 0) is 14.9 Å². The van der Waals surface area contributed by atoms with Crippen LogP contribution in [0, 0.1) is 11.2 Å². The Morgan fingerprint density at radius 1 is 1.19 bits per heavy atom. The minimum atomic E-state index is -3.75. The number of carbonyl (C=O) groups excluding carboxylic acids is 1. The third-order valence-corrected chi connectivity index (χ3v) is 10.4. The second-order valence-corrected chi connectivity index (χ2v) is 15.1. The van der Waals surface area contributed by atoms with E-state index in [2.05, 4.69) is 24.5 Å². The van der Waals surface area contributed by atoms with Crippen molar-refractivity contribution in [2.75, 3.05) is 44.2 Å². The van der Waals surface area contributed by atoms with Crippen molar-refractivity contribution >= 4 is 21.9 Å². The molecular weight excluding hydrogens is 639 g/mol. The van der Waals surface area contributed by atoms with Crippen molar-refractivity contribution in [3.63, 3.8) is 0 Å². The minimum Gasteiger partial charge on any atom is -0.451 e. The third kappa shape index (κ3) is 7.82. The predicted molar refractivity (Wildman–Crippen MR) is 167 cm³/mol. The molecule has 0 radical (unpaired) electrons. The summed E-state index contributed by atoms with van der Waals surface area (Å²) in [6, 6.07) is 2.33. The molecule has 1 saturated carbocycles. The molecule has 0 bridgehead atoms. The van der Waals surface area contributed by atoms with Gasteiger partial charge in [0.05, 0.1) is 24.5 Å². The molecule has 3 N–H and O–H groups in total. The van der Waals surface area contributed by atoms with Crippen LogP contribution in [0.3, 0.4) is 0 Å². The highest BCUT2D eigenvalue weighted by Crippen LogP contribution is 2.46. The zero-order valence-corrected chi connectivity index (χ0v) is 27.4. The van der Waals surface area contributed by atoms with E-state index >= 15 is 0 Å². The highest BCUT2D eigenvalue weighted by Gasteiger charge is 2.50. The Labute approximate surface area is 273 Å². The topological polar surface area (TPSA) is 143 Å². The van der Waals surface area contributed by atoms with E-state index in [1.54, 1.807) is 13.8 Å². The molecule has 1 aromatic carbocycles. The summed E-state index contributed by atoms with van der Waals surface area (Å²) >= 11 is 0. The number of aromatic nitrogens is 2. The first kappa shape index (κ1) is 33.8. The highest BCUT2D eigenvalue weighted by molar-refractivity contribution is 7.87. The molecule has 16 heteroatoms. The van der Waals surface area contributed by atoms with Crippen molar-refractivity contribution in [3.8, 4) is 11.5 Å². The van der Waals surface area contributed by atoms with Gasteiger partial charge in [-0.15, -0.1) is 0 Å². The molecule has 47 heavy (non-hydrogen) atoms. The third-order valence-electron chi connectivity index (χ3n) is 9.74. The number of benzene rings is 1. The lowest BCUT2D eigenvalue weighted by Gasteiger charge is -2.54. The molecule has 12 nitrogen and oxygen atoms in total. The van der Waals surface area contributed by atoms with E-state index in [9.17, 15) is 26.4 Å². The monoisotopic (exact) mass is 681 g/mol. The van der Waals surface area contributed by atoms with Crippen LogP contribution < -0.4 is 19.5 Å². The highest BCUT2D eigenvalue weighted by atomic mass is 32.2. The van der Waals surface area contributed by atoms with Gasteiger partial charge >= 0.3 is 0 Å². The van der Waals surface area contributed by atoms with Gasteiger partial charge in [0, 0.05) is 56.0 Å². The van der Waals surface area contributed by atoms with Crippen LogP contribution in [0.15, 0.2) is 30.7 Å². The lowest BCUT2D eigenvalue weighted by molar-refractivity contribution is -0.120. The van der Waals surface area contributed by atoms with Crippen LogP contribution in [0.1, 0.15) is 62.7 Å². The molecule has 1 spiro atoms. The maximum Gasteiger partial charge on any atom is 0.274 e. The molecule has 258 valence electrons. The lowest BCUT2D eigenvalue weighted by atomic mass is 9.72. The van der Waals surface area contributed by atoms with Gasteiger partial charge in [0.25, 0.3) is 22.0 Å². The summed E-state index contributed by atoms with van der Waals surface area (Å²) in [5.41, 5.74) is 0.0743. The number of carbonyl (C=O) groups is 1. The first-order chi connectivity index (χ1) is 22.2. The fourth-order valence-electron chi connectivity index (χ4n) is 7.29. The van der Waals surface area contributed by atoms with E-state index in [0.29, 0.717) is 24.6 Å². The molecule has 0 unspecified atom stereocenters. The van der Waals surface area contributed by atoms with Crippen molar-refractivity contribution in [1.82, 2.24) is 24.5 Å². The molecule has 1 aliphatic carbocycles. The number of ether oxygens (including phenoxy) is 2. The summed E-state index contributed by atoms with van der Waals surface area (Å²) in [5.74, 6) is -3.04. The zero-order chi connectivity index (χ0) is 33.6. The Kier molecular flexibility index (Phi) is 9.43. The van der Waals surface area contributed by atoms with E-state index in [1.807, 2.05) is 0 Å². The minimum absolute atomic E-state index is 0.0469. The number of alkyl halides is 2. The number of nitrogens with two attached hydrogens (primary N) is 1. The smallest absolute Gasteiger partial charge is 0.274 e. The number of halogens is 3. The van der Waals surface area contributed by atoms with Crippen molar-refractivity contribution < 1.29 is 35.9 Å². The van der Waals surface area contributed by atoms with Gasteiger partial charge in [0.1, 0.15) is 17.9 Å². The van der Waals surface area contributed by atoms with Crippen molar-refractivity contribution in [2.45, 2.75) is 82.5 Å². The average molecular weight is 682 g/mol. The van der Waals surface area contributed by atoms with Crippen LogP contribution in [-0.4, -0.2) is 104 Å². The molecule has 3 saturated heterocycles. The van der Waals surface area contributed by atoms with Gasteiger partial charge in [-0.3, -0.25) is 4.79 Å². The lowest BCUT2D eigenvalue weighted by Crippen LogP contribution is -2.61. The van der Waals surface area contributed by atoms with Crippen molar-refractivity contribution in [3.05, 3.63) is 42.1 Å². The first-order valence-electron chi connectivity index (χ1n) is 16.1. The summed E-state index contributed by atoms with van der Waals surface area (Å²) in [7, 11) is -3.75. The normalized spacial score (nSPS) is 24.5. The van der Waals surface area contributed by atoms with E-state index in [4.69, 9.17) is 14.6 Å².